The Morgan fingerprint density at radius 2 is 2.42 bits per heavy atom. The lowest BCUT2D eigenvalue weighted by Crippen LogP contribution is -2.53. The van der Waals surface area contributed by atoms with E-state index < -0.39 is 6.04 Å². The Morgan fingerprint density at radius 3 is 3.05 bits per heavy atom. The van der Waals surface area contributed by atoms with Gasteiger partial charge in [-0.2, -0.15) is 10.4 Å². The van der Waals surface area contributed by atoms with E-state index >= 15 is 0 Å². The number of nitriles is 1. The smallest absolute Gasteiger partial charge is 0.273 e. The van der Waals surface area contributed by atoms with Crippen molar-refractivity contribution in [3.8, 4) is 6.07 Å². The maximum Gasteiger partial charge on any atom is 0.273 e. The van der Waals surface area contributed by atoms with Crippen molar-refractivity contribution < 1.29 is 4.79 Å². The summed E-state index contributed by atoms with van der Waals surface area (Å²) in [6.07, 6.45) is 0.802. The van der Waals surface area contributed by atoms with E-state index in [9.17, 15) is 4.79 Å². The molecule has 1 aliphatic rings. The standard InChI is InChI=1S/C13H19N5O/c1-3-10-7-12(18(4-2)16-10)13(19)17-6-5-15-9-11(17)8-14/h7,11,15H,3-6,9H2,1-2H3. The van der Waals surface area contributed by atoms with E-state index in [1.54, 1.807) is 9.58 Å². The molecule has 0 radical (unpaired) electrons. The lowest BCUT2D eigenvalue weighted by molar-refractivity contribution is 0.0674. The highest BCUT2D eigenvalue weighted by atomic mass is 16.2. The molecule has 1 aromatic rings. The van der Waals surface area contributed by atoms with Crippen LogP contribution in [0, 0.1) is 11.3 Å². The number of nitrogens with one attached hydrogen (secondary N) is 1. The molecule has 1 N–H and O–H groups in total. The Labute approximate surface area is 113 Å². The second kappa shape index (κ2) is 5.85. The van der Waals surface area contributed by atoms with Crippen LogP contribution in [0.2, 0.25) is 0 Å². The average molecular weight is 261 g/mol. The van der Waals surface area contributed by atoms with E-state index in [1.807, 2.05) is 19.9 Å². The number of piperazine rings is 1. The summed E-state index contributed by atoms with van der Waals surface area (Å²) < 4.78 is 1.72. The second-order valence-corrected chi connectivity index (χ2v) is 4.54. The summed E-state index contributed by atoms with van der Waals surface area (Å²) in [4.78, 5) is 14.2. The molecule has 2 heterocycles. The summed E-state index contributed by atoms with van der Waals surface area (Å²) in [5.41, 5.74) is 1.50. The Hall–Kier alpha value is -1.87. The number of hydrogen-bond donors (Lipinski definition) is 1. The van der Waals surface area contributed by atoms with Gasteiger partial charge in [0.2, 0.25) is 0 Å². The highest BCUT2D eigenvalue weighted by Gasteiger charge is 2.29. The van der Waals surface area contributed by atoms with Crippen molar-refractivity contribution in [1.82, 2.24) is 20.0 Å². The van der Waals surface area contributed by atoms with Crippen LogP contribution in [0.5, 0.6) is 0 Å². The van der Waals surface area contributed by atoms with Gasteiger partial charge in [0.15, 0.2) is 0 Å². The van der Waals surface area contributed by atoms with Gasteiger partial charge >= 0.3 is 0 Å². The number of aryl methyl sites for hydroxylation is 2. The Morgan fingerprint density at radius 1 is 1.63 bits per heavy atom. The maximum absolute atomic E-state index is 12.6. The molecule has 0 saturated carbocycles. The molecule has 1 unspecified atom stereocenters. The minimum atomic E-state index is -0.397. The highest BCUT2D eigenvalue weighted by molar-refractivity contribution is 5.93. The Bertz CT molecular complexity index is 502. The predicted octanol–water partition coefficient (Wildman–Crippen LogP) is 0.403. The fourth-order valence-corrected chi connectivity index (χ4v) is 2.27. The Kier molecular flexibility index (Phi) is 4.17. The minimum Gasteiger partial charge on any atom is -0.319 e. The lowest BCUT2D eigenvalue weighted by atomic mass is 10.2. The SMILES string of the molecule is CCc1cc(C(=O)N2CCNCC2C#N)n(CC)n1. The van der Waals surface area contributed by atoms with Crippen LogP contribution < -0.4 is 5.32 Å². The number of nitrogens with zero attached hydrogens (tertiary/aromatic N) is 4. The molecule has 102 valence electrons. The molecule has 2 rings (SSSR count). The third kappa shape index (κ3) is 2.61. The summed E-state index contributed by atoms with van der Waals surface area (Å²) in [6, 6.07) is 3.61. The van der Waals surface area contributed by atoms with Gasteiger partial charge in [-0.25, -0.2) is 0 Å². The van der Waals surface area contributed by atoms with Crippen LogP contribution >= 0.6 is 0 Å². The largest absolute Gasteiger partial charge is 0.319 e. The molecule has 0 aliphatic carbocycles. The molecule has 1 atom stereocenters. The van der Waals surface area contributed by atoms with E-state index in [0.717, 1.165) is 18.7 Å². The number of aromatic nitrogens is 2. The van der Waals surface area contributed by atoms with Gasteiger partial charge < -0.3 is 10.2 Å². The van der Waals surface area contributed by atoms with Gasteiger partial charge in [0.1, 0.15) is 11.7 Å². The molecule has 0 bridgehead atoms. The number of carbonyl (C=O) groups is 1. The first kappa shape index (κ1) is 13.6. The molecular formula is C13H19N5O. The summed E-state index contributed by atoms with van der Waals surface area (Å²) in [5.74, 6) is -0.0953. The van der Waals surface area contributed by atoms with Crippen molar-refractivity contribution in [3.05, 3.63) is 17.5 Å². The van der Waals surface area contributed by atoms with Crippen LogP contribution in [0.15, 0.2) is 6.07 Å². The van der Waals surface area contributed by atoms with Crippen molar-refractivity contribution in [1.29, 1.82) is 5.26 Å². The molecule has 1 aliphatic heterocycles. The van der Waals surface area contributed by atoms with Gasteiger partial charge in [-0.05, 0) is 19.4 Å². The van der Waals surface area contributed by atoms with E-state index in [-0.39, 0.29) is 5.91 Å². The number of carbonyl (C=O) groups excluding carboxylic acids is 1. The molecule has 6 heteroatoms. The quantitative estimate of drug-likeness (QED) is 0.855. The van der Waals surface area contributed by atoms with Gasteiger partial charge in [0, 0.05) is 26.2 Å². The van der Waals surface area contributed by atoms with Gasteiger partial charge in [0.05, 0.1) is 11.8 Å². The third-order valence-electron chi connectivity index (χ3n) is 3.36. The van der Waals surface area contributed by atoms with Crippen LogP contribution in [0.25, 0.3) is 0 Å². The number of rotatable bonds is 3. The summed E-state index contributed by atoms with van der Waals surface area (Å²) in [6.45, 7) is 6.45. The minimum absolute atomic E-state index is 0.0953. The fraction of sp³-hybridized carbons (Fsp3) is 0.615. The van der Waals surface area contributed by atoms with Gasteiger partial charge in [-0.3, -0.25) is 9.48 Å². The van der Waals surface area contributed by atoms with E-state index in [0.29, 0.717) is 25.3 Å². The highest BCUT2D eigenvalue weighted by Crippen LogP contribution is 2.12. The van der Waals surface area contributed by atoms with Gasteiger partial charge in [-0.15, -0.1) is 0 Å². The van der Waals surface area contributed by atoms with Crippen molar-refractivity contribution in [2.75, 3.05) is 19.6 Å². The molecular weight excluding hydrogens is 242 g/mol. The summed E-state index contributed by atoms with van der Waals surface area (Å²) in [5, 5.41) is 16.6. The molecule has 19 heavy (non-hydrogen) atoms. The Balaban J connectivity index is 2.27. The van der Waals surface area contributed by atoms with E-state index in [4.69, 9.17) is 5.26 Å². The van der Waals surface area contributed by atoms with Crippen LogP contribution in [0.3, 0.4) is 0 Å². The van der Waals surface area contributed by atoms with E-state index in [2.05, 4.69) is 16.5 Å². The molecule has 6 nitrogen and oxygen atoms in total. The van der Waals surface area contributed by atoms with E-state index in [1.165, 1.54) is 0 Å². The predicted molar refractivity (Wildman–Crippen MR) is 70.6 cm³/mol. The van der Waals surface area contributed by atoms with Crippen LogP contribution in [0.4, 0.5) is 0 Å². The van der Waals surface area contributed by atoms with Crippen LogP contribution in [0.1, 0.15) is 30.0 Å². The fourth-order valence-electron chi connectivity index (χ4n) is 2.27. The molecule has 1 aromatic heterocycles. The number of hydrogen-bond acceptors (Lipinski definition) is 4. The topological polar surface area (TPSA) is 74.0 Å². The summed E-state index contributed by atoms with van der Waals surface area (Å²) in [7, 11) is 0. The van der Waals surface area contributed by atoms with Crippen molar-refractivity contribution >= 4 is 5.91 Å². The molecule has 1 saturated heterocycles. The zero-order valence-corrected chi connectivity index (χ0v) is 11.4. The number of amides is 1. The van der Waals surface area contributed by atoms with Crippen molar-refractivity contribution in [2.45, 2.75) is 32.9 Å². The average Bonchev–Trinajstić information content (AvgIpc) is 2.89. The third-order valence-corrected chi connectivity index (χ3v) is 3.36. The van der Waals surface area contributed by atoms with Crippen molar-refractivity contribution in [2.24, 2.45) is 0 Å². The van der Waals surface area contributed by atoms with Gasteiger partial charge in [-0.1, -0.05) is 6.92 Å². The van der Waals surface area contributed by atoms with Gasteiger partial charge in [0.25, 0.3) is 5.91 Å². The molecule has 0 aromatic carbocycles. The van der Waals surface area contributed by atoms with Crippen molar-refractivity contribution in [3.63, 3.8) is 0 Å². The molecule has 0 spiro atoms. The molecule has 1 amide bonds. The second-order valence-electron chi connectivity index (χ2n) is 4.54. The van der Waals surface area contributed by atoms with Crippen LogP contribution in [-0.4, -0.2) is 46.3 Å². The monoisotopic (exact) mass is 261 g/mol. The first-order chi connectivity index (χ1) is 9.21. The van der Waals surface area contributed by atoms with Crippen LogP contribution in [-0.2, 0) is 13.0 Å². The first-order valence-corrected chi connectivity index (χ1v) is 6.69. The zero-order chi connectivity index (χ0) is 13.8. The summed E-state index contributed by atoms with van der Waals surface area (Å²) >= 11 is 0. The normalized spacial score (nSPS) is 19.2. The molecule has 1 fully saturated rings. The zero-order valence-electron chi connectivity index (χ0n) is 11.4. The first-order valence-electron chi connectivity index (χ1n) is 6.69. The lowest BCUT2D eigenvalue weighted by Gasteiger charge is -2.31. The maximum atomic E-state index is 12.6.